The molecule has 0 aliphatic carbocycles. The topological polar surface area (TPSA) is 76.9 Å². The fourth-order valence-electron chi connectivity index (χ4n) is 5.09. The van der Waals surface area contributed by atoms with Crippen LogP contribution in [0.3, 0.4) is 0 Å². The lowest BCUT2D eigenvalue weighted by molar-refractivity contribution is -0.137. The van der Waals surface area contributed by atoms with Gasteiger partial charge in [-0.25, -0.2) is 13.6 Å². The molecule has 2 aromatic carbocycles. The lowest BCUT2D eigenvalue weighted by atomic mass is 9.95. The second-order valence-corrected chi connectivity index (χ2v) is 10.5. The summed E-state index contributed by atoms with van der Waals surface area (Å²) in [4.78, 5) is 32.9. The van der Waals surface area contributed by atoms with E-state index in [9.17, 15) is 27.2 Å². The van der Waals surface area contributed by atoms with Crippen LogP contribution >= 0.6 is 11.8 Å². The van der Waals surface area contributed by atoms with E-state index in [0.717, 1.165) is 30.0 Å². The molecule has 14 heteroatoms. The summed E-state index contributed by atoms with van der Waals surface area (Å²) >= 11 is 0.986. The van der Waals surface area contributed by atoms with Gasteiger partial charge in [0.05, 0.1) is 23.7 Å². The van der Waals surface area contributed by atoms with E-state index in [2.05, 4.69) is 11.6 Å². The Hall–Kier alpha value is -3.49. The smallest absolute Gasteiger partial charge is 0.359 e. The van der Waals surface area contributed by atoms with Crippen molar-refractivity contribution in [3.8, 4) is 11.1 Å². The van der Waals surface area contributed by atoms with E-state index < -0.39 is 46.3 Å². The largest absolute Gasteiger partial charge is 0.417 e. The van der Waals surface area contributed by atoms with Gasteiger partial charge in [-0.2, -0.15) is 18.2 Å². The van der Waals surface area contributed by atoms with Gasteiger partial charge in [-0.15, -0.1) is 11.8 Å². The lowest BCUT2D eigenvalue weighted by Crippen LogP contribution is -2.49. The predicted molar refractivity (Wildman–Crippen MR) is 143 cm³/mol. The molecule has 1 atom stereocenters. The summed E-state index contributed by atoms with van der Waals surface area (Å²) in [7, 11) is 1.41. The zero-order valence-electron chi connectivity index (χ0n) is 21.8. The van der Waals surface area contributed by atoms with E-state index in [0.29, 0.717) is 6.07 Å². The summed E-state index contributed by atoms with van der Waals surface area (Å²) in [6.07, 6.45) is -4.40. The van der Waals surface area contributed by atoms with E-state index in [1.165, 1.54) is 22.7 Å². The number of hydrogen-bond donors (Lipinski definition) is 0. The molecule has 3 aromatic rings. The van der Waals surface area contributed by atoms with Crippen LogP contribution in [-0.4, -0.2) is 72.3 Å². The van der Waals surface area contributed by atoms with Gasteiger partial charge in [0.25, 0.3) is 0 Å². The minimum Gasteiger partial charge on any atom is -0.359 e. The fraction of sp³-hybridized carbons (Fsp3) is 0.370. The molecule has 1 fully saturated rings. The first kappa shape index (κ1) is 29.0. The molecule has 218 valence electrons. The Labute approximate surface area is 235 Å². The van der Waals surface area contributed by atoms with Crippen LogP contribution in [0.5, 0.6) is 0 Å². The van der Waals surface area contributed by atoms with Crippen LogP contribution in [0, 0.1) is 11.6 Å². The van der Waals surface area contributed by atoms with E-state index in [-0.39, 0.29) is 72.8 Å². The number of methoxy groups -OCH3 is 1. The molecular formula is C27H25F5N4O4S. The highest BCUT2D eigenvalue weighted by molar-refractivity contribution is 7.99. The molecule has 0 N–H and O–H groups in total. The van der Waals surface area contributed by atoms with Crippen molar-refractivity contribution in [2.45, 2.75) is 23.7 Å². The van der Waals surface area contributed by atoms with Gasteiger partial charge in [0, 0.05) is 66.5 Å². The van der Waals surface area contributed by atoms with Gasteiger partial charge < -0.3 is 19.3 Å². The Morgan fingerprint density at radius 1 is 1.20 bits per heavy atom. The van der Waals surface area contributed by atoms with Crippen LogP contribution in [0.1, 0.15) is 5.56 Å². The lowest BCUT2D eigenvalue weighted by Gasteiger charge is -2.35. The summed E-state index contributed by atoms with van der Waals surface area (Å²) in [5.41, 5.74) is -2.68. The normalized spacial score (nSPS) is 17.6. The Bertz CT molecular complexity index is 1570. The molecule has 0 radical (unpaired) electrons. The van der Waals surface area contributed by atoms with E-state index in [1.807, 2.05) is 0 Å². The molecule has 1 saturated heterocycles. The molecule has 5 rings (SSSR count). The number of hydrogen-bond acceptors (Lipinski definition) is 7. The van der Waals surface area contributed by atoms with Crippen molar-refractivity contribution < 1.29 is 36.2 Å². The molecular weight excluding hydrogens is 571 g/mol. The number of alkyl halides is 3. The summed E-state index contributed by atoms with van der Waals surface area (Å²) in [5, 5.41) is 0.0431. The molecule has 2 aliphatic heterocycles. The quantitative estimate of drug-likeness (QED) is 0.239. The minimum atomic E-state index is -4.94. The first-order valence-electron chi connectivity index (χ1n) is 12.6. The van der Waals surface area contributed by atoms with Gasteiger partial charge in [0.15, 0.2) is 0 Å². The maximum Gasteiger partial charge on any atom is 0.417 e. The summed E-state index contributed by atoms with van der Waals surface area (Å²) in [6, 6.07) is 3.24. The number of carbonyl (C=O) groups is 1. The van der Waals surface area contributed by atoms with Crippen molar-refractivity contribution in [2.24, 2.45) is 0 Å². The second-order valence-electron chi connectivity index (χ2n) is 9.50. The SMILES string of the molecule is C=CC(=O)N1CCN(c2nc(=O)n3c4c(c(-c5ccc(F)cc5F)c(C(F)(F)F)cc24)SCC(OCOC)C3)CC1. The molecule has 0 bridgehead atoms. The van der Waals surface area contributed by atoms with Crippen LogP contribution in [0.15, 0.2) is 46.6 Å². The molecule has 3 heterocycles. The molecule has 2 aliphatic rings. The molecule has 41 heavy (non-hydrogen) atoms. The number of aromatic nitrogens is 2. The maximum absolute atomic E-state index is 15.1. The van der Waals surface area contributed by atoms with Gasteiger partial charge in [-0.3, -0.25) is 9.36 Å². The predicted octanol–water partition coefficient (Wildman–Crippen LogP) is 4.29. The van der Waals surface area contributed by atoms with Crippen LogP contribution in [0.4, 0.5) is 27.8 Å². The zero-order valence-corrected chi connectivity index (χ0v) is 22.7. The number of piperazine rings is 1. The number of rotatable bonds is 6. The summed E-state index contributed by atoms with van der Waals surface area (Å²) < 4.78 is 84.8. The molecule has 1 aromatic heterocycles. The van der Waals surface area contributed by atoms with E-state index in [4.69, 9.17) is 9.47 Å². The number of nitrogens with zero attached hydrogens (tertiary/aromatic N) is 4. The number of benzene rings is 2. The summed E-state index contributed by atoms with van der Waals surface area (Å²) in [6.45, 7) is 4.23. The molecule has 1 unspecified atom stereocenters. The second kappa shape index (κ2) is 11.4. The van der Waals surface area contributed by atoms with E-state index in [1.54, 1.807) is 4.90 Å². The number of ether oxygens (including phenoxy) is 2. The van der Waals surface area contributed by atoms with Crippen molar-refractivity contribution in [3.63, 3.8) is 0 Å². The van der Waals surface area contributed by atoms with Gasteiger partial charge in [0.1, 0.15) is 24.2 Å². The standard InChI is InChI=1S/C27H25F5N4O4S/c1-3-21(37)34-6-8-35(9-7-34)25-18-11-19(27(30,31)32)22(17-5-4-15(28)10-20(17)29)24-23(18)36(26(38)33-25)12-16(13-41-24)40-14-39-2/h3-5,10-11,16H,1,6-9,12-14H2,2H3. The van der Waals surface area contributed by atoms with Crippen molar-refractivity contribution in [3.05, 3.63) is 64.6 Å². The Balaban J connectivity index is 1.78. The third kappa shape index (κ3) is 5.55. The average Bonchev–Trinajstić information content (AvgIpc) is 3.14. The van der Waals surface area contributed by atoms with Gasteiger partial charge in [-0.1, -0.05) is 6.58 Å². The highest BCUT2D eigenvalue weighted by Crippen LogP contribution is 2.48. The number of halogens is 5. The summed E-state index contributed by atoms with van der Waals surface area (Å²) in [5.74, 6) is -2.25. The Morgan fingerprint density at radius 2 is 1.93 bits per heavy atom. The number of thioether (sulfide) groups is 1. The van der Waals surface area contributed by atoms with Gasteiger partial charge in [-0.05, 0) is 24.3 Å². The van der Waals surface area contributed by atoms with Gasteiger partial charge in [0.2, 0.25) is 5.91 Å². The monoisotopic (exact) mass is 596 g/mol. The minimum absolute atomic E-state index is 0.00470. The highest BCUT2D eigenvalue weighted by Gasteiger charge is 2.39. The maximum atomic E-state index is 15.1. The number of anilines is 1. The van der Waals surface area contributed by atoms with Crippen molar-refractivity contribution in [1.29, 1.82) is 0 Å². The Morgan fingerprint density at radius 3 is 2.56 bits per heavy atom. The third-order valence-electron chi connectivity index (χ3n) is 6.99. The number of carbonyl (C=O) groups excluding carboxylic acids is 1. The third-order valence-corrected chi connectivity index (χ3v) is 8.22. The van der Waals surface area contributed by atoms with Crippen molar-refractivity contribution in [2.75, 3.05) is 50.7 Å². The van der Waals surface area contributed by atoms with Crippen LogP contribution < -0.4 is 10.6 Å². The Kier molecular flexibility index (Phi) is 8.08. The first-order valence-corrected chi connectivity index (χ1v) is 13.6. The van der Waals surface area contributed by atoms with Crippen molar-refractivity contribution >= 4 is 34.4 Å². The zero-order chi connectivity index (χ0) is 29.5. The van der Waals surface area contributed by atoms with Crippen LogP contribution in [-0.2, 0) is 27.0 Å². The van der Waals surface area contributed by atoms with Crippen LogP contribution in [0.2, 0.25) is 0 Å². The average molecular weight is 597 g/mol. The van der Waals surface area contributed by atoms with Crippen LogP contribution in [0.25, 0.3) is 22.0 Å². The fourth-order valence-corrected chi connectivity index (χ4v) is 6.37. The first-order chi connectivity index (χ1) is 19.5. The molecule has 0 spiro atoms. The van der Waals surface area contributed by atoms with Crippen molar-refractivity contribution in [1.82, 2.24) is 14.5 Å². The van der Waals surface area contributed by atoms with E-state index >= 15 is 4.39 Å². The van der Waals surface area contributed by atoms with Gasteiger partial charge >= 0.3 is 11.9 Å². The highest BCUT2D eigenvalue weighted by atomic mass is 32.2. The number of amides is 1. The molecule has 1 amide bonds. The molecule has 0 saturated carbocycles. The molecule has 8 nitrogen and oxygen atoms in total.